The minimum Gasteiger partial charge on any atom is -0.310 e. The van der Waals surface area contributed by atoms with E-state index in [1.807, 2.05) is 0 Å². The molecule has 0 aliphatic heterocycles. The molecule has 4 atom stereocenters. The fourth-order valence-electron chi connectivity index (χ4n) is 4.83. The lowest BCUT2D eigenvalue weighted by molar-refractivity contribution is 0.374. The maximum absolute atomic E-state index is 3.82. The Labute approximate surface area is 142 Å². The SMILES string of the molecule is C/C=C(\C)C(C)CNC1C=C2C(CC1)C1CC=CC=C1C2(C)C. The van der Waals surface area contributed by atoms with E-state index in [4.69, 9.17) is 0 Å². The first-order valence-electron chi connectivity index (χ1n) is 9.40. The Morgan fingerprint density at radius 1 is 1.30 bits per heavy atom. The highest BCUT2D eigenvalue weighted by molar-refractivity contribution is 5.44. The van der Waals surface area contributed by atoms with E-state index < -0.39 is 0 Å². The first-order chi connectivity index (χ1) is 10.9. The zero-order valence-corrected chi connectivity index (χ0v) is 15.5. The fourth-order valence-corrected chi connectivity index (χ4v) is 4.83. The molecule has 3 aliphatic rings. The molecule has 1 saturated carbocycles. The van der Waals surface area contributed by atoms with Crippen molar-refractivity contribution in [3.8, 4) is 0 Å². The van der Waals surface area contributed by atoms with Crippen molar-refractivity contribution in [2.75, 3.05) is 6.54 Å². The molecule has 0 bridgehead atoms. The Hall–Kier alpha value is -1.08. The van der Waals surface area contributed by atoms with E-state index in [1.165, 1.54) is 24.8 Å². The summed E-state index contributed by atoms with van der Waals surface area (Å²) in [6.07, 6.45) is 15.7. The van der Waals surface area contributed by atoms with Crippen LogP contribution in [0.3, 0.4) is 0 Å². The van der Waals surface area contributed by atoms with Crippen molar-refractivity contribution in [1.82, 2.24) is 5.32 Å². The molecule has 1 heteroatoms. The van der Waals surface area contributed by atoms with Crippen molar-refractivity contribution in [2.24, 2.45) is 23.2 Å². The van der Waals surface area contributed by atoms with Crippen LogP contribution < -0.4 is 5.32 Å². The van der Waals surface area contributed by atoms with Gasteiger partial charge in [0, 0.05) is 18.0 Å². The largest absolute Gasteiger partial charge is 0.310 e. The van der Waals surface area contributed by atoms with E-state index in [9.17, 15) is 0 Å². The standard InChI is InChI=1S/C22H33N/c1-6-15(2)16(3)14-23-17-11-12-19-18-9-7-8-10-20(18)22(4,5)21(19)13-17/h6-8,10,13,16-19,23H,9,11-12,14H2,1-5H3/b15-6+. The lowest BCUT2D eigenvalue weighted by Crippen LogP contribution is -2.35. The summed E-state index contributed by atoms with van der Waals surface area (Å²) in [4.78, 5) is 0. The average Bonchev–Trinajstić information content (AvgIpc) is 2.80. The Kier molecular flexibility index (Phi) is 4.69. The molecular formula is C22H33N. The summed E-state index contributed by atoms with van der Waals surface area (Å²) in [6, 6.07) is 0.557. The fraction of sp³-hybridized carbons (Fsp3) is 0.636. The van der Waals surface area contributed by atoms with Crippen molar-refractivity contribution in [1.29, 1.82) is 0 Å². The molecule has 0 aromatic carbocycles. The summed E-state index contributed by atoms with van der Waals surface area (Å²) in [5.41, 5.74) is 5.12. The number of hydrogen-bond donors (Lipinski definition) is 1. The third-order valence-electron chi connectivity index (χ3n) is 6.62. The van der Waals surface area contributed by atoms with Gasteiger partial charge >= 0.3 is 0 Å². The average molecular weight is 312 g/mol. The summed E-state index contributed by atoms with van der Waals surface area (Å²) >= 11 is 0. The molecule has 23 heavy (non-hydrogen) atoms. The van der Waals surface area contributed by atoms with Crippen LogP contribution in [-0.2, 0) is 0 Å². The van der Waals surface area contributed by atoms with Crippen LogP contribution in [0.4, 0.5) is 0 Å². The van der Waals surface area contributed by atoms with Crippen LogP contribution in [0.15, 0.2) is 47.1 Å². The predicted molar refractivity (Wildman–Crippen MR) is 100 cm³/mol. The van der Waals surface area contributed by atoms with Crippen LogP contribution in [0.25, 0.3) is 0 Å². The summed E-state index contributed by atoms with van der Waals surface area (Å²) in [7, 11) is 0. The molecule has 4 unspecified atom stereocenters. The lowest BCUT2D eigenvalue weighted by Gasteiger charge is -2.32. The van der Waals surface area contributed by atoms with Crippen molar-refractivity contribution in [2.45, 2.75) is 59.9 Å². The zero-order valence-electron chi connectivity index (χ0n) is 15.5. The quantitative estimate of drug-likeness (QED) is 0.683. The molecule has 1 nitrogen and oxygen atoms in total. The van der Waals surface area contributed by atoms with Gasteiger partial charge in [-0.25, -0.2) is 0 Å². The van der Waals surface area contributed by atoms with Gasteiger partial charge in [-0.15, -0.1) is 0 Å². The van der Waals surface area contributed by atoms with E-state index in [2.05, 4.69) is 70.3 Å². The molecule has 3 aliphatic carbocycles. The van der Waals surface area contributed by atoms with Gasteiger partial charge in [0.1, 0.15) is 0 Å². The monoisotopic (exact) mass is 311 g/mol. The Morgan fingerprint density at radius 3 is 2.83 bits per heavy atom. The number of nitrogens with one attached hydrogen (secondary N) is 1. The normalized spacial score (nSPS) is 33.6. The highest BCUT2D eigenvalue weighted by Gasteiger charge is 2.48. The molecular weight excluding hydrogens is 278 g/mol. The molecule has 0 aromatic rings. The minimum atomic E-state index is 0.255. The molecule has 0 heterocycles. The van der Waals surface area contributed by atoms with Gasteiger partial charge < -0.3 is 5.32 Å². The first-order valence-corrected chi connectivity index (χ1v) is 9.40. The van der Waals surface area contributed by atoms with Crippen LogP contribution in [0, 0.1) is 23.2 Å². The van der Waals surface area contributed by atoms with E-state index >= 15 is 0 Å². The second kappa shape index (κ2) is 6.43. The zero-order chi connectivity index (χ0) is 16.6. The van der Waals surface area contributed by atoms with Gasteiger partial charge in [-0.1, -0.05) is 67.9 Å². The summed E-state index contributed by atoms with van der Waals surface area (Å²) in [5.74, 6) is 2.18. The van der Waals surface area contributed by atoms with E-state index in [0.29, 0.717) is 12.0 Å². The third kappa shape index (κ3) is 3.01. The second-order valence-corrected chi connectivity index (χ2v) is 8.27. The number of allylic oxidation sites excluding steroid dienone is 6. The number of hydrogen-bond acceptors (Lipinski definition) is 1. The Morgan fingerprint density at radius 2 is 2.09 bits per heavy atom. The van der Waals surface area contributed by atoms with Crippen LogP contribution in [0.2, 0.25) is 0 Å². The van der Waals surface area contributed by atoms with Gasteiger partial charge in [0.25, 0.3) is 0 Å². The Balaban J connectivity index is 1.74. The van der Waals surface area contributed by atoms with Gasteiger partial charge in [0.15, 0.2) is 0 Å². The molecule has 0 saturated heterocycles. The minimum absolute atomic E-state index is 0.255. The van der Waals surface area contributed by atoms with Crippen molar-refractivity contribution >= 4 is 0 Å². The summed E-state index contributed by atoms with van der Waals surface area (Å²) in [6.45, 7) is 12.7. The molecule has 3 rings (SSSR count). The molecule has 126 valence electrons. The highest BCUT2D eigenvalue weighted by Crippen LogP contribution is 2.58. The molecule has 0 radical (unpaired) electrons. The van der Waals surface area contributed by atoms with Crippen LogP contribution in [0.5, 0.6) is 0 Å². The lowest BCUT2D eigenvalue weighted by atomic mass is 9.77. The van der Waals surface area contributed by atoms with Crippen LogP contribution in [-0.4, -0.2) is 12.6 Å². The smallest absolute Gasteiger partial charge is 0.0253 e. The predicted octanol–water partition coefficient (Wildman–Crippen LogP) is 5.43. The van der Waals surface area contributed by atoms with E-state index in [0.717, 1.165) is 18.4 Å². The van der Waals surface area contributed by atoms with E-state index in [1.54, 1.807) is 11.1 Å². The molecule has 0 amide bonds. The van der Waals surface area contributed by atoms with Gasteiger partial charge in [-0.05, 0) is 50.9 Å². The van der Waals surface area contributed by atoms with Gasteiger partial charge in [-0.3, -0.25) is 0 Å². The van der Waals surface area contributed by atoms with E-state index in [-0.39, 0.29) is 5.41 Å². The summed E-state index contributed by atoms with van der Waals surface area (Å²) < 4.78 is 0. The molecule has 0 aromatic heterocycles. The first kappa shape index (κ1) is 16.8. The van der Waals surface area contributed by atoms with Crippen molar-refractivity contribution in [3.63, 3.8) is 0 Å². The van der Waals surface area contributed by atoms with Crippen LogP contribution >= 0.6 is 0 Å². The van der Waals surface area contributed by atoms with Gasteiger partial charge in [0.05, 0.1) is 0 Å². The van der Waals surface area contributed by atoms with Crippen LogP contribution in [0.1, 0.15) is 53.9 Å². The third-order valence-corrected chi connectivity index (χ3v) is 6.62. The van der Waals surface area contributed by atoms with Crippen molar-refractivity contribution in [3.05, 3.63) is 47.1 Å². The molecule has 1 fully saturated rings. The van der Waals surface area contributed by atoms with Gasteiger partial charge in [-0.2, -0.15) is 0 Å². The van der Waals surface area contributed by atoms with Crippen molar-refractivity contribution < 1.29 is 0 Å². The molecule has 0 spiro atoms. The number of fused-ring (bicyclic) bond motifs is 3. The maximum Gasteiger partial charge on any atom is 0.0253 e. The number of rotatable bonds is 4. The maximum atomic E-state index is 3.82. The molecule has 1 N–H and O–H groups in total. The second-order valence-electron chi connectivity index (χ2n) is 8.27. The Bertz CT molecular complexity index is 573. The topological polar surface area (TPSA) is 12.0 Å². The van der Waals surface area contributed by atoms with Gasteiger partial charge in [0.2, 0.25) is 0 Å². The summed E-state index contributed by atoms with van der Waals surface area (Å²) in [5, 5.41) is 3.82. The highest BCUT2D eigenvalue weighted by atomic mass is 14.9.